The molecule has 3 aromatic rings. The first-order valence-electron chi connectivity index (χ1n) is 13.6. The molecular weight excluding hydrogens is 496 g/mol. The van der Waals surface area contributed by atoms with Gasteiger partial charge in [-0.2, -0.15) is 0 Å². The molecule has 0 bridgehead atoms. The lowest BCUT2D eigenvalue weighted by atomic mass is 9.64. The van der Waals surface area contributed by atoms with Gasteiger partial charge in [0.15, 0.2) is 11.5 Å². The summed E-state index contributed by atoms with van der Waals surface area (Å²) in [4.78, 5) is 13.1. The fraction of sp³-hybridized carbons (Fsp3) is 0.406. The number of carboxylic acids is 1. The highest BCUT2D eigenvalue weighted by Crippen LogP contribution is 2.57. The number of benzene rings is 3. The van der Waals surface area contributed by atoms with Gasteiger partial charge in [-0.25, -0.2) is 0 Å². The zero-order valence-electron chi connectivity index (χ0n) is 23.0. The maximum atomic E-state index is 13.1. The Morgan fingerprint density at radius 1 is 0.974 bits per heavy atom. The summed E-state index contributed by atoms with van der Waals surface area (Å²) in [5.74, 6) is 2.02. The van der Waals surface area contributed by atoms with Crippen molar-refractivity contribution in [3.63, 3.8) is 0 Å². The van der Waals surface area contributed by atoms with E-state index in [1.54, 1.807) is 7.11 Å². The van der Waals surface area contributed by atoms with Crippen LogP contribution in [0.3, 0.4) is 0 Å². The van der Waals surface area contributed by atoms with Crippen LogP contribution in [-0.2, 0) is 16.6 Å². The first-order valence-corrected chi connectivity index (χ1v) is 13.6. The molecule has 1 heterocycles. The largest absolute Gasteiger partial charge is 0.497 e. The fourth-order valence-corrected chi connectivity index (χ4v) is 5.73. The topological polar surface area (TPSA) is 83.5 Å². The molecule has 1 aliphatic heterocycles. The van der Waals surface area contributed by atoms with Crippen LogP contribution in [0, 0.1) is 11.8 Å². The first-order chi connectivity index (χ1) is 18.9. The second-order valence-corrected chi connectivity index (χ2v) is 10.5. The predicted octanol–water partition coefficient (Wildman–Crippen LogP) is 6.23. The Kier molecular flexibility index (Phi) is 7.60. The molecule has 39 heavy (non-hydrogen) atoms. The van der Waals surface area contributed by atoms with Crippen LogP contribution in [0.15, 0.2) is 54.6 Å². The Morgan fingerprint density at radius 3 is 2.49 bits per heavy atom. The van der Waals surface area contributed by atoms with Crippen LogP contribution < -0.4 is 23.7 Å². The molecular formula is C32H36O7. The quantitative estimate of drug-likeness (QED) is 0.313. The molecule has 0 spiro atoms. The van der Waals surface area contributed by atoms with Crippen molar-refractivity contribution in [3.8, 4) is 28.7 Å². The summed E-state index contributed by atoms with van der Waals surface area (Å²) in [6.45, 7) is 7.59. The Labute approximate surface area is 229 Å². The van der Waals surface area contributed by atoms with E-state index in [1.165, 1.54) is 0 Å². The molecule has 2 aliphatic rings. The number of fused-ring (bicyclic) bond motifs is 2. The van der Waals surface area contributed by atoms with Gasteiger partial charge in [0.2, 0.25) is 6.79 Å². The number of rotatable bonds is 11. The van der Waals surface area contributed by atoms with Gasteiger partial charge in [0.25, 0.3) is 0 Å². The highest BCUT2D eigenvalue weighted by atomic mass is 16.7. The van der Waals surface area contributed by atoms with E-state index in [4.69, 9.17) is 23.7 Å². The van der Waals surface area contributed by atoms with E-state index in [0.29, 0.717) is 48.6 Å². The van der Waals surface area contributed by atoms with E-state index in [1.807, 2.05) is 54.6 Å². The van der Waals surface area contributed by atoms with Crippen molar-refractivity contribution in [3.05, 3.63) is 76.9 Å². The third-order valence-corrected chi connectivity index (χ3v) is 7.61. The standard InChI is InChI=1S/C32H36O7/c1-5-13-36-24-8-9-25-21(15-24)16-27(31(33)34)32(25,22-6-11-28-30(17-22)39-19-38-28)26-10-7-23(35-4)18-29(26)37-14-12-20(2)3/h6-11,15,17-18,20,27H,5,12-14,16,19H2,1-4H3,(H,33,34). The van der Waals surface area contributed by atoms with Gasteiger partial charge in [-0.15, -0.1) is 0 Å². The van der Waals surface area contributed by atoms with Crippen LogP contribution in [0.4, 0.5) is 0 Å². The number of aliphatic carboxylic acids is 1. The minimum Gasteiger partial charge on any atom is -0.497 e. The van der Waals surface area contributed by atoms with Crippen molar-refractivity contribution in [2.24, 2.45) is 11.8 Å². The van der Waals surface area contributed by atoms with E-state index < -0.39 is 17.3 Å². The minimum absolute atomic E-state index is 0.134. The normalized spacial score (nSPS) is 19.2. The third-order valence-electron chi connectivity index (χ3n) is 7.61. The monoisotopic (exact) mass is 532 g/mol. The van der Waals surface area contributed by atoms with Gasteiger partial charge in [0.05, 0.1) is 31.7 Å². The zero-order chi connectivity index (χ0) is 27.6. The smallest absolute Gasteiger partial charge is 0.308 e. The summed E-state index contributed by atoms with van der Waals surface area (Å²) in [7, 11) is 1.61. The highest BCUT2D eigenvalue weighted by Gasteiger charge is 2.54. The molecule has 0 fully saturated rings. The molecule has 1 aliphatic carbocycles. The predicted molar refractivity (Wildman–Crippen MR) is 147 cm³/mol. The van der Waals surface area contributed by atoms with Gasteiger partial charge >= 0.3 is 5.97 Å². The lowest BCUT2D eigenvalue weighted by molar-refractivity contribution is -0.142. The van der Waals surface area contributed by atoms with E-state index in [9.17, 15) is 9.90 Å². The van der Waals surface area contributed by atoms with Crippen molar-refractivity contribution >= 4 is 5.97 Å². The molecule has 0 saturated heterocycles. The number of methoxy groups -OCH3 is 1. The molecule has 7 nitrogen and oxygen atoms in total. The second kappa shape index (κ2) is 11.1. The summed E-state index contributed by atoms with van der Waals surface area (Å²) in [6.07, 6.45) is 2.10. The van der Waals surface area contributed by atoms with Crippen molar-refractivity contribution in [1.29, 1.82) is 0 Å². The van der Waals surface area contributed by atoms with Crippen LogP contribution in [0.1, 0.15) is 55.9 Å². The Hall–Kier alpha value is -3.87. The number of hydrogen-bond acceptors (Lipinski definition) is 6. The number of carbonyl (C=O) groups is 1. The maximum Gasteiger partial charge on any atom is 0.308 e. The summed E-state index contributed by atoms with van der Waals surface area (Å²) in [5.41, 5.74) is 2.39. The number of hydrogen-bond donors (Lipinski definition) is 1. The fourth-order valence-electron chi connectivity index (χ4n) is 5.73. The van der Waals surface area contributed by atoms with E-state index >= 15 is 0 Å². The first kappa shape index (κ1) is 26.7. The zero-order valence-corrected chi connectivity index (χ0v) is 23.0. The van der Waals surface area contributed by atoms with Gasteiger partial charge < -0.3 is 28.8 Å². The molecule has 7 heteroatoms. The molecule has 3 aromatic carbocycles. The van der Waals surface area contributed by atoms with E-state index in [-0.39, 0.29) is 6.79 Å². The lowest BCUT2D eigenvalue weighted by Gasteiger charge is -2.37. The second-order valence-electron chi connectivity index (χ2n) is 10.5. The van der Waals surface area contributed by atoms with Crippen LogP contribution in [0.5, 0.6) is 28.7 Å². The summed E-state index contributed by atoms with van der Waals surface area (Å²) >= 11 is 0. The lowest BCUT2D eigenvalue weighted by Crippen LogP contribution is -2.39. The SMILES string of the molecule is CCCOc1ccc2c(c1)CC(C(=O)O)C2(c1ccc2c(c1)OCO2)c1ccc(OC)cc1OCCC(C)C. The van der Waals surface area contributed by atoms with Gasteiger partial charge in [0, 0.05) is 11.6 Å². The van der Waals surface area contributed by atoms with E-state index in [2.05, 4.69) is 20.8 Å². The molecule has 0 aromatic heterocycles. The molecule has 0 saturated carbocycles. The Balaban J connectivity index is 1.77. The Bertz CT molecular complexity index is 1350. The molecule has 5 rings (SSSR count). The van der Waals surface area contributed by atoms with Crippen molar-refractivity contribution in [2.45, 2.75) is 45.4 Å². The molecule has 206 valence electrons. The van der Waals surface area contributed by atoms with Gasteiger partial charge in [-0.05, 0) is 72.2 Å². The molecule has 0 radical (unpaired) electrons. The van der Waals surface area contributed by atoms with Crippen molar-refractivity contribution in [1.82, 2.24) is 0 Å². The molecule has 0 amide bonds. The van der Waals surface area contributed by atoms with Crippen LogP contribution in [0.2, 0.25) is 0 Å². The molecule has 2 unspecified atom stereocenters. The molecule has 2 atom stereocenters. The number of carboxylic acid groups (broad SMARTS) is 1. The van der Waals surface area contributed by atoms with Crippen LogP contribution in [-0.4, -0.2) is 38.2 Å². The summed E-state index contributed by atoms with van der Waals surface area (Å²) in [5, 5.41) is 10.7. The van der Waals surface area contributed by atoms with Crippen LogP contribution in [0.25, 0.3) is 0 Å². The summed E-state index contributed by atoms with van der Waals surface area (Å²) < 4.78 is 29.2. The van der Waals surface area contributed by atoms with Crippen molar-refractivity contribution in [2.75, 3.05) is 27.1 Å². The maximum absolute atomic E-state index is 13.1. The molecule has 1 N–H and O–H groups in total. The average molecular weight is 533 g/mol. The Morgan fingerprint density at radius 2 is 1.74 bits per heavy atom. The van der Waals surface area contributed by atoms with E-state index in [0.717, 1.165) is 40.8 Å². The highest BCUT2D eigenvalue weighted by molar-refractivity contribution is 5.80. The minimum atomic E-state index is -1.05. The van der Waals surface area contributed by atoms with Crippen LogP contribution >= 0.6 is 0 Å². The van der Waals surface area contributed by atoms with Crippen molar-refractivity contribution < 1.29 is 33.6 Å². The van der Waals surface area contributed by atoms with Gasteiger partial charge in [-0.1, -0.05) is 39.0 Å². The average Bonchev–Trinajstić information content (AvgIpc) is 3.54. The van der Waals surface area contributed by atoms with Gasteiger partial charge in [0.1, 0.15) is 17.2 Å². The summed E-state index contributed by atoms with van der Waals surface area (Å²) in [6, 6.07) is 17.3. The third kappa shape index (κ3) is 4.86. The number of ether oxygens (including phenoxy) is 5. The van der Waals surface area contributed by atoms with Gasteiger partial charge in [-0.3, -0.25) is 4.79 Å².